The van der Waals surface area contributed by atoms with E-state index in [4.69, 9.17) is 0 Å². The van der Waals surface area contributed by atoms with Gasteiger partial charge in [-0.1, -0.05) is 65.2 Å². The highest BCUT2D eigenvalue weighted by Crippen LogP contribution is 2.26. The van der Waals surface area contributed by atoms with Gasteiger partial charge in [0.1, 0.15) is 0 Å². The molecule has 0 amide bonds. The Bertz CT molecular complexity index is 134. The van der Waals surface area contributed by atoms with Gasteiger partial charge in [-0.25, -0.2) is 0 Å². The monoisotopic (exact) mass is 211 g/mol. The molecule has 1 N–H and O–H groups in total. The van der Waals surface area contributed by atoms with Crippen molar-refractivity contribution in [1.82, 2.24) is 5.32 Å². The Kier molecular flexibility index (Phi) is 7.08. The quantitative estimate of drug-likeness (QED) is 0.514. The molecule has 0 aromatic rings. The maximum absolute atomic E-state index is 3.50. The van der Waals surface area contributed by atoms with Crippen molar-refractivity contribution < 1.29 is 0 Å². The van der Waals surface area contributed by atoms with E-state index in [-0.39, 0.29) is 0 Å². The summed E-state index contributed by atoms with van der Waals surface area (Å²) in [6.45, 7) is 5.67. The van der Waals surface area contributed by atoms with Crippen molar-refractivity contribution in [2.24, 2.45) is 5.92 Å². The molecule has 90 valence electrons. The summed E-state index contributed by atoms with van der Waals surface area (Å²) in [4.78, 5) is 0. The molecule has 15 heavy (non-hydrogen) atoms. The molecule has 0 aliphatic heterocycles. The van der Waals surface area contributed by atoms with Crippen molar-refractivity contribution in [2.45, 2.75) is 77.7 Å². The van der Waals surface area contributed by atoms with Gasteiger partial charge in [-0.15, -0.1) is 0 Å². The standard InChI is InChI=1S/C14H29N/c1-13(2)15-12-8-7-11-14-9-5-3-4-6-10-14/h13-15H,3-12H2,1-2H3. The largest absolute Gasteiger partial charge is 0.315 e. The van der Waals surface area contributed by atoms with Crippen LogP contribution in [0.1, 0.15) is 71.6 Å². The fourth-order valence-electron chi connectivity index (χ4n) is 2.60. The average Bonchev–Trinajstić information content (AvgIpc) is 2.45. The lowest BCUT2D eigenvalue weighted by Crippen LogP contribution is -2.23. The summed E-state index contributed by atoms with van der Waals surface area (Å²) < 4.78 is 0. The zero-order valence-electron chi connectivity index (χ0n) is 10.7. The Morgan fingerprint density at radius 2 is 1.67 bits per heavy atom. The van der Waals surface area contributed by atoms with Crippen LogP contribution in [0.2, 0.25) is 0 Å². The molecular formula is C14H29N. The number of unbranched alkanes of at least 4 members (excludes halogenated alkanes) is 1. The molecule has 0 radical (unpaired) electrons. The van der Waals surface area contributed by atoms with Crippen molar-refractivity contribution in [3.63, 3.8) is 0 Å². The average molecular weight is 211 g/mol. The molecule has 0 aromatic heterocycles. The van der Waals surface area contributed by atoms with Gasteiger partial charge in [0.05, 0.1) is 0 Å². The summed E-state index contributed by atoms with van der Waals surface area (Å²) in [7, 11) is 0. The Balaban J connectivity index is 1.94. The van der Waals surface area contributed by atoms with Gasteiger partial charge in [0, 0.05) is 6.04 Å². The lowest BCUT2D eigenvalue weighted by atomic mass is 9.94. The van der Waals surface area contributed by atoms with Gasteiger partial charge in [-0.3, -0.25) is 0 Å². The van der Waals surface area contributed by atoms with E-state index in [9.17, 15) is 0 Å². The molecule has 1 nitrogen and oxygen atoms in total. The van der Waals surface area contributed by atoms with Gasteiger partial charge >= 0.3 is 0 Å². The molecule has 1 saturated carbocycles. The number of nitrogens with one attached hydrogen (secondary N) is 1. The van der Waals surface area contributed by atoms with E-state index in [1.165, 1.54) is 64.3 Å². The molecular weight excluding hydrogens is 182 g/mol. The number of hydrogen-bond donors (Lipinski definition) is 1. The zero-order chi connectivity index (χ0) is 10.9. The Labute approximate surface area is 96.0 Å². The maximum atomic E-state index is 3.50. The topological polar surface area (TPSA) is 12.0 Å². The molecule has 1 fully saturated rings. The van der Waals surface area contributed by atoms with E-state index in [0.717, 1.165) is 5.92 Å². The van der Waals surface area contributed by atoms with E-state index >= 15 is 0 Å². The van der Waals surface area contributed by atoms with Crippen LogP contribution >= 0.6 is 0 Å². The first-order chi connectivity index (χ1) is 7.29. The second-order valence-corrected chi connectivity index (χ2v) is 5.46. The SMILES string of the molecule is CC(C)NCCCCC1CCCCCC1. The lowest BCUT2D eigenvalue weighted by molar-refractivity contribution is 0.404. The van der Waals surface area contributed by atoms with Crippen LogP contribution in [0.4, 0.5) is 0 Å². The maximum Gasteiger partial charge on any atom is 0.00103 e. The summed E-state index contributed by atoms with van der Waals surface area (Å²) in [6, 6.07) is 0.655. The predicted octanol–water partition coefficient (Wildman–Crippen LogP) is 4.13. The second kappa shape index (κ2) is 8.15. The summed E-state index contributed by atoms with van der Waals surface area (Å²) in [5.41, 5.74) is 0. The molecule has 1 aliphatic rings. The Morgan fingerprint density at radius 3 is 2.27 bits per heavy atom. The highest BCUT2D eigenvalue weighted by atomic mass is 14.9. The Hall–Kier alpha value is -0.0400. The first-order valence-corrected chi connectivity index (χ1v) is 7.02. The van der Waals surface area contributed by atoms with Crippen LogP contribution in [0, 0.1) is 5.92 Å². The van der Waals surface area contributed by atoms with Crippen molar-refractivity contribution in [2.75, 3.05) is 6.54 Å². The van der Waals surface area contributed by atoms with Crippen LogP contribution in [-0.4, -0.2) is 12.6 Å². The van der Waals surface area contributed by atoms with Crippen molar-refractivity contribution in [3.05, 3.63) is 0 Å². The molecule has 0 bridgehead atoms. The van der Waals surface area contributed by atoms with E-state index in [1.54, 1.807) is 0 Å². The van der Waals surface area contributed by atoms with Gasteiger partial charge < -0.3 is 5.32 Å². The van der Waals surface area contributed by atoms with E-state index in [0.29, 0.717) is 6.04 Å². The van der Waals surface area contributed by atoms with Crippen LogP contribution in [0.15, 0.2) is 0 Å². The lowest BCUT2D eigenvalue weighted by Gasteiger charge is -2.14. The van der Waals surface area contributed by atoms with Crippen molar-refractivity contribution >= 4 is 0 Å². The summed E-state index contributed by atoms with van der Waals surface area (Å²) in [5, 5.41) is 3.50. The summed E-state index contributed by atoms with van der Waals surface area (Å²) >= 11 is 0. The smallest absolute Gasteiger partial charge is 0.00103 e. The molecule has 0 atom stereocenters. The van der Waals surface area contributed by atoms with Crippen molar-refractivity contribution in [1.29, 1.82) is 0 Å². The van der Waals surface area contributed by atoms with Gasteiger partial charge in [0.15, 0.2) is 0 Å². The van der Waals surface area contributed by atoms with Crippen molar-refractivity contribution in [3.8, 4) is 0 Å². The fraction of sp³-hybridized carbons (Fsp3) is 1.00. The fourth-order valence-corrected chi connectivity index (χ4v) is 2.60. The highest BCUT2D eigenvalue weighted by molar-refractivity contribution is 4.65. The molecule has 1 heteroatoms. The third-order valence-electron chi connectivity index (χ3n) is 3.57. The number of hydrogen-bond acceptors (Lipinski definition) is 1. The zero-order valence-corrected chi connectivity index (χ0v) is 10.7. The van der Waals surface area contributed by atoms with Gasteiger partial charge in [0.25, 0.3) is 0 Å². The minimum Gasteiger partial charge on any atom is -0.315 e. The second-order valence-electron chi connectivity index (χ2n) is 5.46. The van der Waals surface area contributed by atoms with E-state index < -0.39 is 0 Å². The number of rotatable bonds is 6. The molecule has 1 aliphatic carbocycles. The third kappa shape index (κ3) is 6.94. The van der Waals surface area contributed by atoms with Crippen LogP contribution in [-0.2, 0) is 0 Å². The normalized spacial score (nSPS) is 19.4. The molecule has 0 unspecified atom stereocenters. The van der Waals surface area contributed by atoms with Crippen LogP contribution in [0.5, 0.6) is 0 Å². The van der Waals surface area contributed by atoms with Crippen LogP contribution in [0.3, 0.4) is 0 Å². The molecule has 0 spiro atoms. The predicted molar refractivity (Wildman–Crippen MR) is 68.2 cm³/mol. The Morgan fingerprint density at radius 1 is 1.00 bits per heavy atom. The van der Waals surface area contributed by atoms with E-state index in [2.05, 4.69) is 19.2 Å². The first-order valence-electron chi connectivity index (χ1n) is 7.02. The van der Waals surface area contributed by atoms with Crippen LogP contribution < -0.4 is 5.32 Å². The van der Waals surface area contributed by atoms with Gasteiger partial charge in [-0.05, 0) is 18.9 Å². The van der Waals surface area contributed by atoms with Gasteiger partial charge in [-0.2, -0.15) is 0 Å². The first kappa shape index (κ1) is 13.0. The molecule has 0 saturated heterocycles. The summed E-state index contributed by atoms with van der Waals surface area (Å²) in [6.07, 6.45) is 13.3. The third-order valence-corrected chi connectivity index (χ3v) is 3.57. The minimum absolute atomic E-state index is 0.655. The molecule has 0 aromatic carbocycles. The van der Waals surface area contributed by atoms with E-state index in [1.807, 2.05) is 0 Å². The summed E-state index contributed by atoms with van der Waals surface area (Å²) in [5.74, 6) is 1.06. The minimum atomic E-state index is 0.655. The highest BCUT2D eigenvalue weighted by Gasteiger charge is 2.11. The van der Waals surface area contributed by atoms with Crippen LogP contribution in [0.25, 0.3) is 0 Å². The molecule has 0 heterocycles. The molecule has 1 rings (SSSR count). The van der Waals surface area contributed by atoms with Gasteiger partial charge in [0.2, 0.25) is 0 Å².